The number of anilines is 2. The molecule has 0 bridgehead atoms. The minimum Gasteiger partial charge on any atom is -0.490 e. The van der Waals surface area contributed by atoms with Gasteiger partial charge in [0.1, 0.15) is 0 Å². The van der Waals surface area contributed by atoms with E-state index < -0.39 is 15.7 Å². The average molecular weight is 316 g/mol. The van der Waals surface area contributed by atoms with Crippen molar-refractivity contribution in [1.29, 1.82) is 0 Å². The maximum atomic E-state index is 13.8. The van der Waals surface area contributed by atoms with Gasteiger partial charge >= 0.3 is 0 Å². The van der Waals surface area contributed by atoms with Crippen molar-refractivity contribution in [3.63, 3.8) is 0 Å². The van der Waals surface area contributed by atoms with Gasteiger partial charge in [0.15, 0.2) is 21.4 Å². The second-order valence-corrected chi connectivity index (χ2v) is 7.49. The monoisotopic (exact) mass is 316 g/mol. The molecule has 1 heterocycles. The van der Waals surface area contributed by atoms with Crippen molar-refractivity contribution >= 4 is 21.2 Å². The van der Waals surface area contributed by atoms with Gasteiger partial charge in [-0.25, -0.2) is 12.8 Å². The molecule has 0 radical (unpaired) electrons. The maximum absolute atomic E-state index is 13.8. The van der Waals surface area contributed by atoms with Gasteiger partial charge in [-0.05, 0) is 12.8 Å². The molecule has 1 aromatic carbocycles. The number of benzene rings is 1. The highest BCUT2D eigenvalue weighted by Gasteiger charge is 2.21. The van der Waals surface area contributed by atoms with Crippen molar-refractivity contribution in [1.82, 2.24) is 0 Å². The van der Waals surface area contributed by atoms with E-state index in [-0.39, 0.29) is 17.3 Å². The van der Waals surface area contributed by atoms with E-state index >= 15 is 0 Å². The molecule has 0 atom stereocenters. The Morgan fingerprint density at radius 3 is 2.81 bits per heavy atom. The molecule has 7 heteroatoms. The average Bonchev–Trinajstić information content (AvgIpc) is 2.59. The molecule has 0 spiro atoms. The number of ether oxygens (including phenoxy) is 1. The molecule has 2 rings (SSSR count). The van der Waals surface area contributed by atoms with Crippen LogP contribution in [0.5, 0.6) is 5.75 Å². The van der Waals surface area contributed by atoms with Gasteiger partial charge in [-0.2, -0.15) is 0 Å². The van der Waals surface area contributed by atoms with E-state index in [1.165, 1.54) is 6.07 Å². The lowest BCUT2D eigenvalue weighted by Crippen LogP contribution is -2.27. The molecule has 1 aliphatic heterocycles. The quantitative estimate of drug-likeness (QED) is 0.858. The SMILES string of the molecule is CCCOc1cc(N2CCCS(=O)(=O)CC2)c(N)cc1F. The number of hydrogen-bond donors (Lipinski definition) is 1. The Morgan fingerprint density at radius 1 is 1.33 bits per heavy atom. The van der Waals surface area contributed by atoms with Crippen molar-refractivity contribution in [2.45, 2.75) is 19.8 Å². The molecule has 0 unspecified atom stereocenters. The molecule has 21 heavy (non-hydrogen) atoms. The van der Waals surface area contributed by atoms with E-state index in [0.717, 1.165) is 6.42 Å². The Labute approximate surface area is 124 Å². The summed E-state index contributed by atoms with van der Waals surface area (Å²) >= 11 is 0. The number of sulfone groups is 1. The van der Waals surface area contributed by atoms with E-state index in [2.05, 4.69) is 0 Å². The number of halogens is 1. The van der Waals surface area contributed by atoms with Crippen LogP contribution in [0, 0.1) is 5.82 Å². The normalized spacial score (nSPS) is 18.3. The van der Waals surface area contributed by atoms with Gasteiger partial charge in [0.05, 0.1) is 29.5 Å². The molecule has 1 saturated heterocycles. The largest absolute Gasteiger partial charge is 0.490 e. The third-order valence-corrected chi connectivity index (χ3v) is 5.15. The van der Waals surface area contributed by atoms with E-state index in [4.69, 9.17) is 10.5 Å². The lowest BCUT2D eigenvalue weighted by molar-refractivity contribution is 0.301. The smallest absolute Gasteiger partial charge is 0.167 e. The maximum Gasteiger partial charge on any atom is 0.167 e. The lowest BCUT2D eigenvalue weighted by atomic mass is 10.2. The highest BCUT2D eigenvalue weighted by Crippen LogP contribution is 2.32. The van der Waals surface area contributed by atoms with Crippen LogP contribution in [0.1, 0.15) is 19.8 Å². The second kappa shape index (κ2) is 6.51. The fourth-order valence-electron chi connectivity index (χ4n) is 2.33. The number of nitrogens with zero attached hydrogens (tertiary/aromatic N) is 1. The molecule has 2 N–H and O–H groups in total. The first-order valence-electron chi connectivity index (χ1n) is 7.10. The van der Waals surface area contributed by atoms with Gasteiger partial charge in [0.2, 0.25) is 0 Å². The summed E-state index contributed by atoms with van der Waals surface area (Å²) in [5, 5.41) is 0. The van der Waals surface area contributed by atoms with Crippen molar-refractivity contribution in [2.24, 2.45) is 0 Å². The third-order valence-electron chi connectivity index (χ3n) is 3.44. The molecule has 5 nitrogen and oxygen atoms in total. The topological polar surface area (TPSA) is 72.6 Å². The number of nitrogens with two attached hydrogens (primary N) is 1. The molecule has 1 aromatic rings. The molecule has 0 aliphatic carbocycles. The Morgan fingerprint density at radius 2 is 2.10 bits per heavy atom. The van der Waals surface area contributed by atoms with Gasteiger partial charge < -0.3 is 15.4 Å². The summed E-state index contributed by atoms with van der Waals surface area (Å²) in [5.41, 5.74) is 6.82. The number of hydrogen-bond acceptors (Lipinski definition) is 5. The van der Waals surface area contributed by atoms with Gasteiger partial charge in [-0.1, -0.05) is 6.92 Å². The van der Waals surface area contributed by atoms with Crippen LogP contribution in [0.15, 0.2) is 12.1 Å². The number of rotatable bonds is 4. The van der Waals surface area contributed by atoms with Crippen LogP contribution in [0.2, 0.25) is 0 Å². The van der Waals surface area contributed by atoms with Crippen LogP contribution in [0.3, 0.4) is 0 Å². The van der Waals surface area contributed by atoms with Gasteiger partial charge in [0.25, 0.3) is 0 Å². The molecular weight excluding hydrogens is 295 g/mol. The zero-order valence-corrected chi connectivity index (χ0v) is 13.0. The third kappa shape index (κ3) is 4.00. The number of nitrogen functional groups attached to an aromatic ring is 1. The van der Waals surface area contributed by atoms with Crippen LogP contribution in [-0.4, -0.2) is 39.6 Å². The Balaban J connectivity index is 2.25. The first-order valence-corrected chi connectivity index (χ1v) is 8.92. The summed E-state index contributed by atoms with van der Waals surface area (Å²) in [6.07, 6.45) is 1.32. The minimum absolute atomic E-state index is 0.0922. The standard InChI is InChI=1S/C14H21FN2O3S/c1-2-6-20-14-10-13(12(16)9-11(14)15)17-4-3-7-21(18,19)8-5-17/h9-10H,2-8,16H2,1H3. The molecule has 0 amide bonds. The van der Waals surface area contributed by atoms with Gasteiger partial charge in [0, 0.05) is 25.2 Å². The summed E-state index contributed by atoms with van der Waals surface area (Å²) in [7, 11) is -2.99. The Kier molecular flexibility index (Phi) is 4.92. The molecule has 1 fully saturated rings. The lowest BCUT2D eigenvalue weighted by Gasteiger charge is -2.24. The molecule has 0 aromatic heterocycles. The first-order chi connectivity index (χ1) is 9.93. The van der Waals surface area contributed by atoms with E-state index in [9.17, 15) is 12.8 Å². The van der Waals surface area contributed by atoms with Crippen LogP contribution >= 0.6 is 0 Å². The zero-order chi connectivity index (χ0) is 15.5. The summed E-state index contributed by atoms with van der Waals surface area (Å²) in [6, 6.07) is 2.80. The van der Waals surface area contributed by atoms with Crippen LogP contribution in [-0.2, 0) is 9.84 Å². The molecule has 0 saturated carbocycles. The van der Waals surface area contributed by atoms with Crippen LogP contribution in [0.25, 0.3) is 0 Å². The van der Waals surface area contributed by atoms with E-state index in [0.29, 0.717) is 37.5 Å². The molecule has 118 valence electrons. The van der Waals surface area contributed by atoms with Crippen molar-refractivity contribution in [3.8, 4) is 5.75 Å². The Hall–Kier alpha value is -1.50. The minimum atomic E-state index is -2.99. The predicted octanol–water partition coefficient (Wildman–Crippen LogP) is 1.82. The summed E-state index contributed by atoms with van der Waals surface area (Å²) < 4.78 is 42.5. The van der Waals surface area contributed by atoms with Crippen LogP contribution in [0.4, 0.5) is 15.8 Å². The second-order valence-electron chi connectivity index (χ2n) is 5.18. The van der Waals surface area contributed by atoms with Crippen molar-refractivity contribution in [2.75, 3.05) is 41.8 Å². The fraction of sp³-hybridized carbons (Fsp3) is 0.571. The summed E-state index contributed by atoms with van der Waals surface area (Å²) in [4.78, 5) is 1.89. The highest BCUT2D eigenvalue weighted by atomic mass is 32.2. The molecule has 1 aliphatic rings. The van der Waals surface area contributed by atoms with Crippen LogP contribution < -0.4 is 15.4 Å². The fourth-order valence-corrected chi connectivity index (χ4v) is 3.61. The summed E-state index contributed by atoms with van der Waals surface area (Å²) in [5.74, 6) is -0.0565. The van der Waals surface area contributed by atoms with Crippen molar-refractivity contribution in [3.05, 3.63) is 17.9 Å². The highest BCUT2D eigenvalue weighted by molar-refractivity contribution is 7.91. The zero-order valence-electron chi connectivity index (χ0n) is 12.1. The first kappa shape index (κ1) is 15.9. The van der Waals surface area contributed by atoms with Crippen molar-refractivity contribution < 1.29 is 17.5 Å². The van der Waals surface area contributed by atoms with E-state index in [1.807, 2.05) is 11.8 Å². The predicted molar refractivity (Wildman–Crippen MR) is 82.1 cm³/mol. The summed E-state index contributed by atoms with van der Waals surface area (Å²) in [6.45, 7) is 3.32. The molecular formula is C14H21FN2O3S. The van der Waals surface area contributed by atoms with Gasteiger partial charge in [-0.15, -0.1) is 0 Å². The van der Waals surface area contributed by atoms with Gasteiger partial charge in [-0.3, -0.25) is 0 Å². The van der Waals surface area contributed by atoms with E-state index in [1.54, 1.807) is 6.07 Å². The Bertz CT molecular complexity index is 604.